The molecule has 0 saturated carbocycles. The van der Waals surface area contributed by atoms with Crippen LogP contribution in [0.3, 0.4) is 0 Å². The summed E-state index contributed by atoms with van der Waals surface area (Å²) < 4.78 is 0. The van der Waals surface area contributed by atoms with Crippen LogP contribution in [0.2, 0.25) is 0 Å². The third-order valence-corrected chi connectivity index (χ3v) is 2.77. The van der Waals surface area contributed by atoms with Crippen LogP contribution in [-0.2, 0) is 4.79 Å². The lowest BCUT2D eigenvalue weighted by atomic mass is 9.87. The van der Waals surface area contributed by atoms with Crippen LogP contribution in [0.15, 0.2) is 30.3 Å². The Morgan fingerprint density at radius 1 is 1.27 bits per heavy atom. The van der Waals surface area contributed by atoms with Gasteiger partial charge in [0.15, 0.2) is 0 Å². The summed E-state index contributed by atoms with van der Waals surface area (Å²) in [6.45, 7) is 5.76. The van der Waals surface area contributed by atoms with E-state index in [0.717, 1.165) is 5.56 Å². The summed E-state index contributed by atoms with van der Waals surface area (Å²) in [7, 11) is 0. The lowest BCUT2D eigenvalue weighted by Crippen LogP contribution is -2.21. The fourth-order valence-electron chi connectivity index (χ4n) is 1.25. The zero-order chi connectivity index (χ0) is 11.5. The minimum atomic E-state index is -0.304. The average molecular weight is 225 g/mol. The van der Waals surface area contributed by atoms with E-state index in [2.05, 4.69) is 0 Å². The van der Waals surface area contributed by atoms with Gasteiger partial charge in [0.25, 0.3) is 0 Å². The second kappa shape index (κ2) is 4.80. The number of hydrogen-bond acceptors (Lipinski definition) is 1. The number of benzene rings is 1. The molecule has 0 fully saturated rings. The molecule has 82 valence electrons. The summed E-state index contributed by atoms with van der Waals surface area (Å²) in [4.78, 5) is 11.8. The summed E-state index contributed by atoms with van der Waals surface area (Å²) in [6, 6.07) is 9.72. The monoisotopic (exact) mass is 224 g/mol. The van der Waals surface area contributed by atoms with Gasteiger partial charge in [0, 0.05) is 11.8 Å². The first-order valence-corrected chi connectivity index (χ1v) is 5.57. The summed E-state index contributed by atoms with van der Waals surface area (Å²) in [6.07, 6.45) is 0.398. The maximum absolute atomic E-state index is 11.8. The Morgan fingerprint density at radius 3 is 2.27 bits per heavy atom. The molecular weight excluding hydrogens is 208 g/mol. The Labute approximate surface area is 96.5 Å². The third kappa shape index (κ3) is 3.67. The van der Waals surface area contributed by atoms with E-state index in [1.54, 1.807) is 0 Å². The number of ketones is 1. The quantitative estimate of drug-likeness (QED) is 0.710. The highest BCUT2D eigenvalue weighted by molar-refractivity contribution is 6.22. The molecule has 0 heterocycles. The van der Waals surface area contributed by atoms with Crippen LogP contribution in [0.25, 0.3) is 0 Å². The molecule has 0 saturated heterocycles. The predicted molar refractivity (Wildman–Crippen MR) is 64.1 cm³/mol. The smallest absolute Gasteiger partial charge is 0.140 e. The van der Waals surface area contributed by atoms with Gasteiger partial charge >= 0.3 is 0 Å². The van der Waals surface area contributed by atoms with Crippen molar-refractivity contribution in [3.8, 4) is 0 Å². The number of rotatable bonds is 3. The SMILES string of the molecule is CC(C)(C)C(=O)CC(Cl)c1ccccc1. The fourth-order valence-corrected chi connectivity index (χ4v) is 1.53. The van der Waals surface area contributed by atoms with Crippen molar-refractivity contribution >= 4 is 17.4 Å². The molecule has 15 heavy (non-hydrogen) atoms. The molecule has 2 heteroatoms. The number of halogens is 1. The van der Waals surface area contributed by atoms with Gasteiger partial charge in [-0.15, -0.1) is 11.6 Å². The molecule has 0 amide bonds. The van der Waals surface area contributed by atoms with Crippen LogP contribution in [0, 0.1) is 5.41 Å². The Kier molecular flexibility index (Phi) is 3.92. The van der Waals surface area contributed by atoms with Crippen molar-refractivity contribution in [1.29, 1.82) is 0 Å². The Bertz CT molecular complexity index is 324. The third-order valence-electron chi connectivity index (χ3n) is 2.36. The van der Waals surface area contributed by atoms with Gasteiger partial charge in [-0.05, 0) is 5.56 Å². The van der Waals surface area contributed by atoms with Gasteiger partial charge in [-0.2, -0.15) is 0 Å². The molecule has 1 rings (SSSR count). The van der Waals surface area contributed by atoms with E-state index in [0.29, 0.717) is 6.42 Å². The Morgan fingerprint density at radius 2 is 1.80 bits per heavy atom. The molecule has 0 aliphatic heterocycles. The van der Waals surface area contributed by atoms with Crippen LogP contribution >= 0.6 is 11.6 Å². The number of Topliss-reactive ketones (excluding diaryl/α,β-unsaturated/α-hetero) is 1. The van der Waals surface area contributed by atoms with E-state index >= 15 is 0 Å². The highest BCUT2D eigenvalue weighted by atomic mass is 35.5. The van der Waals surface area contributed by atoms with Gasteiger partial charge in [-0.3, -0.25) is 4.79 Å². The van der Waals surface area contributed by atoms with Crippen molar-refractivity contribution in [3.05, 3.63) is 35.9 Å². The minimum absolute atomic E-state index is 0.200. The normalized spacial score (nSPS) is 13.6. The maximum atomic E-state index is 11.8. The first-order chi connectivity index (χ1) is 6.91. The maximum Gasteiger partial charge on any atom is 0.140 e. The highest BCUT2D eigenvalue weighted by Crippen LogP contribution is 2.28. The van der Waals surface area contributed by atoms with E-state index in [-0.39, 0.29) is 16.6 Å². The van der Waals surface area contributed by atoms with Crippen LogP contribution in [-0.4, -0.2) is 5.78 Å². The molecule has 0 aliphatic rings. The van der Waals surface area contributed by atoms with Crippen molar-refractivity contribution in [2.45, 2.75) is 32.6 Å². The first kappa shape index (κ1) is 12.3. The number of hydrogen-bond donors (Lipinski definition) is 0. The van der Waals surface area contributed by atoms with Crippen molar-refractivity contribution in [1.82, 2.24) is 0 Å². The van der Waals surface area contributed by atoms with Crippen molar-refractivity contribution < 1.29 is 4.79 Å². The van der Waals surface area contributed by atoms with E-state index in [9.17, 15) is 4.79 Å². The summed E-state index contributed by atoms with van der Waals surface area (Å²) >= 11 is 6.19. The van der Waals surface area contributed by atoms with E-state index in [1.807, 2.05) is 51.1 Å². The molecule has 1 atom stereocenters. The predicted octanol–water partition coefficient (Wildman–Crippen LogP) is 3.97. The van der Waals surface area contributed by atoms with Crippen LogP contribution < -0.4 is 0 Å². The standard InChI is InChI=1S/C13H17ClO/c1-13(2,3)12(15)9-11(14)10-7-5-4-6-8-10/h4-8,11H,9H2,1-3H3. The number of alkyl halides is 1. The zero-order valence-electron chi connectivity index (χ0n) is 9.46. The topological polar surface area (TPSA) is 17.1 Å². The van der Waals surface area contributed by atoms with Crippen molar-refractivity contribution in [2.75, 3.05) is 0 Å². The molecule has 0 spiro atoms. The molecule has 1 unspecified atom stereocenters. The highest BCUT2D eigenvalue weighted by Gasteiger charge is 2.24. The molecule has 1 aromatic carbocycles. The minimum Gasteiger partial charge on any atom is -0.299 e. The number of carbonyl (C=O) groups excluding carboxylic acids is 1. The largest absolute Gasteiger partial charge is 0.299 e. The lowest BCUT2D eigenvalue weighted by Gasteiger charge is -2.18. The Balaban J connectivity index is 2.65. The zero-order valence-corrected chi connectivity index (χ0v) is 10.2. The van der Waals surface area contributed by atoms with Crippen molar-refractivity contribution in [2.24, 2.45) is 5.41 Å². The molecule has 0 bridgehead atoms. The van der Waals surface area contributed by atoms with E-state index in [1.165, 1.54) is 0 Å². The molecule has 0 aromatic heterocycles. The van der Waals surface area contributed by atoms with Gasteiger partial charge in [0.05, 0.1) is 5.38 Å². The van der Waals surface area contributed by atoms with Crippen molar-refractivity contribution in [3.63, 3.8) is 0 Å². The second-order valence-electron chi connectivity index (χ2n) is 4.76. The van der Waals surface area contributed by atoms with E-state index < -0.39 is 0 Å². The van der Waals surface area contributed by atoms with Crippen LogP contribution in [0.4, 0.5) is 0 Å². The average Bonchev–Trinajstić information content (AvgIpc) is 2.17. The summed E-state index contributed by atoms with van der Waals surface area (Å²) in [5.41, 5.74) is 0.707. The van der Waals surface area contributed by atoms with Gasteiger partial charge in [0.2, 0.25) is 0 Å². The lowest BCUT2D eigenvalue weighted by molar-refractivity contribution is -0.126. The molecular formula is C13H17ClO. The summed E-state index contributed by atoms with van der Waals surface area (Å²) in [5.74, 6) is 0.200. The van der Waals surface area contributed by atoms with Crippen LogP contribution in [0.1, 0.15) is 38.1 Å². The molecule has 0 radical (unpaired) electrons. The molecule has 1 aromatic rings. The molecule has 1 nitrogen and oxygen atoms in total. The van der Waals surface area contributed by atoms with Gasteiger partial charge in [0.1, 0.15) is 5.78 Å². The van der Waals surface area contributed by atoms with Gasteiger partial charge in [-0.1, -0.05) is 51.1 Å². The van der Waals surface area contributed by atoms with Gasteiger partial charge < -0.3 is 0 Å². The van der Waals surface area contributed by atoms with Gasteiger partial charge in [-0.25, -0.2) is 0 Å². The van der Waals surface area contributed by atoms with E-state index in [4.69, 9.17) is 11.6 Å². The number of carbonyl (C=O) groups is 1. The molecule has 0 N–H and O–H groups in total. The Hall–Kier alpha value is -0.820. The fraction of sp³-hybridized carbons (Fsp3) is 0.462. The van der Waals surface area contributed by atoms with Crippen LogP contribution in [0.5, 0.6) is 0 Å². The first-order valence-electron chi connectivity index (χ1n) is 5.13. The second-order valence-corrected chi connectivity index (χ2v) is 5.28. The molecule has 0 aliphatic carbocycles. The summed E-state index contributed by atoms with van der Waals surface area (Å²) in [5, 5.41) is -0.210.